The summed E-state index contributed by atoms with van der Waals surface area (Å²) in [5.41, 5.74) is 1.02. The molecule has 0 aromatic heterocycles. The molecular formula is C16H25FN2O2S. The van der Waals surface area contributed by atoms with Gasteiger partial charge in [-0.1, -0.05) is 12.1 Å². The summed E-state index contributed by atoms with van der Waals surface area (Å²) in [6.45, 7) is 4.77. The zero-order valence-corrected chi connectivity index (χ0v) is 14.5. The Labute approximate surface area is 133 Å². The van der Waals surface area contributed by atoms with Gasteiger partial charge in [-0.05, 0) is 51.9 Å². The highest BCUT2D eigenvalue weighted by Crippen LogP contribution is 2.24. The van der Waals surface area contributed by atoms with E-state index in [1.165, 1.54) is 10.4 Å². The molecule has 4 nitrogen and oxygen atoms in total. The van der Waals surface area contributed by atoms with E-state index >= 15 is 0 Å². The molecule has 0 N–H and O–H groups in total. The normalized spacial score (nSPS) is 23.9. The topological polar surface area (TPSA) is 40.6 Å². The van der Waals surface area contributed by atoms with Crippen molar-refractivity contribution in [1.82, 2.24) is 9.21 Å². The molecular weight excluding hydrogens is 303 g/mol. The lowest BCUT2D eigenvalue weighted by Crippen LogP contribution is -2.48. The Morgan fingerprint density at radius 1 is 1.41 bits per heavy atom. The number of piperidine rings is 1. The number of aryl methyl sites for hydroxylation is 1. The van der Waals surface area contributed by atoms with Gasteiger partial charge in [-0.25, -0.2) is 17.1 Å². The van der Waals surface area contributed by atoms with Crippen molar-refractivity contribution in [3.05, 3.63) is 35.1 Å². The number of rotatable bonds is 4. The average Bonchev–Trinajstić information content (AvgIpc) is 2.44. The highest BCUT2D eigenvalue weighted by Gasteiger charge is 2.32. The van der Waals surface area contributed by atoms with Gasteiger partial charge >= 0.3 is 0 Å². The maximum absolute atomic E-state index is 13.9. The molecule has 0 amide bonds. The van der Waals surface area contributed by atoms with Gasteiger partial charge < -0.3 is 4.90 Å². The second kappa shape index (κ2) is 6.64. The van der Waals surface area contributed by atoms with E-state index in [2.05, 4.69) is 18.9 Å². The SMILES string of the molecule is Cc1ccc(CS(=O)(=O)N(C)[C@@H]2CCN(C)[C@@H](C)C2)c(F)c1. The predicted molar refractivity (Wildman–Crippen MR) is 86.6 cm³/mol. The van der Waals surface area contributed by atoms with Gasteiger partial charge in [-0.2, -0.15) is 0 Å². The second-order valence-corrected chi connectivity index (χ2v) is 8.40. The van der Waals surface area contributed by atoms with Crippen molar-refractivity contribution in [2.24, 2.45) is 0 Å². The lowest BCUT2D eigenvalue weighted by molar-refractivity contribution is 0.142. The Bertz CT molecular complexity index is 633. The Morgan fingerprint density at radius 3 is 2.68 bits per heavy atom. The van der Waals surface area contributed by atoms with E-state index < -0.39 is 15.8 Å². The molecule has 6 heteroatoms. The zero-order valence-electron chi connectivity index (χ0n) is 13.7. The van der Waals surface area contributed by atoms with Crippen molar-refractivity contribution < 1.29 is 12.8 Å². The van der Waals surface area contributed by atoms with Gasteiger partial charge in [0.05, 0.1) is 5.75 Å². The Morgan fingerprint density at radius 2 is 2.09 bits per heavy atom. The number of hydrogen-bond donors (Lipinski definition) is 0. The molecule has 1 heterocycles. The zero-order chi connectivity index (χ0) is 16.5. The first-order valence-electron chi connectivity index (χ1n) is 7.61. The largest absolute Gasteiger partial charge is 0.304 e. The van der Waals surface area contributed by atoms with Crippen LogP contribution < -0.4 is 0 Å². The van der Waals surface area contributed by atoms with Crippen LogP contribution in [0.4, 0.5) is 4.39 Å². The van der Waals surface area contributed by atoms with Crippen molar-refractivity contribution in [3.8, 4) is 0 Å². The molecule has 2 atom stereocenters. The number of halogens is 1. The summed E-state index contributed by atoms with van der Waals surface area (Å²) in [6, 6.07) is 5.03. The van der Waals surface area contributed by atoms with Crippen LogP contribution in [0.1, 0.15) is 30.9 Å². The number of nitrogens with zero attached hydrogens (tertiary/aromatic N) is 2. The third-order valence-corrected chi connectivity index (χ3v) is 6.53. The molecule has 0 aliphatic carbocycles. The van der Waals surface area contributed by atoms with Crippen LogP contribution in [0.2, 0.25) is 0 Å². The second-order valence-electron chi connectivity index (χ2n) is 6.38. The van der Waals surface area contributed by atoms with Crippen molar-refractivity contribution in [1.29, 1.82) is 0 Å². The fourth-order valence-electron chi connectivity index (χ4n) is 2.89. The van der Waals surface area contributed by atoms with E-state index in [-0.39, 0.29) is 17.4 Å². The number of likely N-dealkylation sites (tertiary alicyclic amines) is 1. The maximum atomic E-state index is 13.9. The van der Waals surface area contributed by atoms with E-state index in [1.54, 1.807) is 26.1 Å². The van der Waals surface area contributed by atoms with E-state index in [0.717, 1.165) is 24.9 Å². The minimum atomic E-state index is -3.51. The molecule has 1 aromatic carbocycles. The quantitative estimate of drug-likeness (QED) is 0.852. The molecule has 1 aromatic rings. The monoisotopic (exact) mass is 328 g/mol. The van der Waals surface area contributed by atoms with Crippen LogP contribution in [-0.4, -0.2) is 50.3 Å². The van der Waals surface area contributed by atoms with Gasteiger partial charge in [0.2, 0.25) is 10.0 Å². The van der Waals surface area contributed by atoms with Gasteiger partial charge in [0.15, 0.2) is 0 Å². The lowest BCUT2D eigenvalue weighted by Gasteiger charge is -2.38. The van der Waals surface area contributed by atoms with Crippen molar-refractivity contribution in [2.75, 3.05) is 20.6 Å². The van der Waals surface area contributed by atoms with E-state index in [9.17, 15) is 12.8 Å². The number of hydrogen-bond acceptors (Lipinski definition) is 3. The van der Waals surface area contributed by atoms with Gasteiger partial charge in [-0.15, -0.1) is 0 Å². The van der Waals surface area contributed by atoms with Crippen molar-refractivity contribution >= 4 is 10.0 Å². The maximum Gasteiger partial charge on any atom is 0.218 e. The molecule has 124 valence electrons. The third kappa shape index (κ3) is 3.86. The van der Waals surface area contributed by atoms with Gasteiger partial charge in [-0.3, -0.25) is 0 Å². The summed E-state index contributed by atoms with van der Waals surface area (Å²) < 4.78 is 40.5. The summed E-state index contributed by atoms with van der Waals surface area (Å²) >= 11 is 0. The molecule has 22 heavy (non-hydrogen) atoms. The predicted octanol–water partition coefficient (Wildman–Crippen LogP) is 2.38. The first kappa shape index (κ1) is 17.4. The van der Waals surface area contributed by atoms with Crippen LogP contribution in [0.15, 0.2) is 18.2 Å². The summed E-state index contributed by atoms with van der Waals surface area (Å²) in [6.07, 6.45) is 1.62. The van der Waals surface area contributed by atoms with Crippen LogP contribution in [0.5, 0.6) is 0 Å². The van der Waals surface area contributed by atoms with E-state index in [4.69, 9.17) is 0 Å². The molecule has 0 spiro atoms. The molecule has 1 fully saturated rings. The molecule has 0 unspecified atom stereocenters. The van der Waals surface area contributed by atoms with Crippen molar-refractivity contribution in [2.45, 2.75) is 44.5 Å². The minimum Gasteiger partial charge on any atom is -0.304 e. The number of sulfonamides is 1. The molecule has 1 saturated heterocycles. The highest BCUT2D eigenvalue weighted by atomic mass is 32.2. The van der Waals surface area contributed by atoms with E-state index in [1.807, 2.05) is 0 Å². The Balaban J connectivity index is 2.12. The molecule has 2 rings (SSSR count). The van der Waals surface area contributed by atoms with Gasteiger partial charge in [0.1, 0.15) is 5.82 Å². The molecule has 0 bridgehead atoms. The first-order chi connectivity index (χ1) is 10.2. The molecule has 0 saturated carbocycles. The first-order valence-corrected chi connectivity index (χ1v) is 9.22. The van der Waals surface area contributed by atoms with Crippen LogP contribution in [-0.2, 0) is 15.8 Å². The Hall–Kier alpha value is -0.980. The van der Waals surface area contributed by atoms with Gasteiger partial charge in [0, 0.05) is 24.7 Å². The smallest absolute Gasteiger partial charge is 0.218 e. The summed E-state index contributed by atoms with van der Waals surface area (Å²) in [5, 5.41) is 0. The highest BCUT2D eigenvalue weighted by molar-refractivity contribution is 7.88. The Kier molecular flexibility index (Phi) is 5.25. The van der Waals surface area contributed by atoms with Crippen LogP contribution in [0.25, 0.3) is 0 Å². The molecule has 1 aliphatic heterocycles. The third-order valence-electron chi connectivity index (χ3n) is 4.68. The molecule has 0 radical (unpaired) electrons. The fourth-order valence-corrected chi connectivity index (χ4v) is 4.37. The van der Waals surface area contributed by atoms with Crippen LogP contribution in [0, 0.1) is 12.7 Å². The van der Waals surface area contributed by atoms with Crippen LogP contribution >= 0.6 is 0 Å². The minimum absolute atomic E-state index is 0.00953. The summed E-state index contributed by atoms with van der Waals surface area (Å²) in [4.78, 5) is 2.23. The van der Waals surface area contributed by atoms with Gasteiger partial charge in [0.25, 0.3) is 0 Å². The standard InChI is InChI=1S/C16H25FN2O2S/c1-12-5-6-14(16(17)9-12)11-22(20,21)19(4)15-7-8-18(3)13(2)10-15/h5-6,9,13,15H,7-8,10-11H2,1-4H3/t13-,15+/m0/s1. The van der Waals surface area contributed by atoms with E-state index in [0.29, 0.717) is 6.04 Å². The summed E-state index contributed by atoms with van der Waals surface area (Å²) in [7, 11) is 0.153. The lowest BCUT2D eigenvalue weighted by atomic mass is 9.99. The van der Waals surface area contributed by atoms with Crippen LogP contribution in [0.3, 0.4) is 0 Å². The summed E-state index contributed by atoms with van der Waals surface area (Å²) in [5.74, 6) is -0.732. The molecule has 1 aliphatic rings. The number of benzene rings is 1. The fraction of sp³-hybridized carbons (Fsp3) is 0.625. The van der Waals surface area contributed by atoms with Crippen molar-refractivity contribution in [3.63, 3.8) is 0 Å². The average molecular weight is 328 g/mol.